The molecule has 0 amide bonds. The average Bonchev–Trinajstić information content (AvgIpc) is 2.64. The van der Waals surface area contributed by atoms with E-state index < -0.39 is 5.97 Å². The second-order valence-corrected chi connectivity index (χ2v) is 3.20. The van der Waals surface area contributed by atoms with Gasteiger partial charge in [-0.15, -0.1) is 6.58 Å². The van der Waals surface area contributed by atoms with Crippen LogP contribution in [0.1, 0.15) is 12.5 Å². The van der Waals surface area contributed by atoms with Crippen molar-refractivity contribution in [3.63, 3.8) is 0 Å². The first kappa shape index (κ1) is 12.1. The predicted octanol–water partition coefficient (Wildman–Crippen LogP) is 2.23. The zero-order valence-electron chi connectivity index (χ0n) is 9.10. The van der Waals surface area contributed by atoms with Gasteiger partial charge < -0.3 is 14.6 Å². The summed E-state index contributed by atoms with van der Waals surface area (Å²) in [5.41, 5.74) is 1.20. The zero-order valence-corrected chi connectivity index (χ0v) is 9.10. The van der Waals surface area contributed by atoms with Gasteiger partial charge in [-0.25, -0.2) is 0 Å². The van der Waals surface area contributed by atoms with E-state index in [4.69, 9.17) is 19.4 Å². The third-order valence-electron chi connectivity index (χ3n) is 1.82. The Kier molecular flexibility index (Phi) is 4.39. The Morgan fingerprint density at radius 1 is 1.50 bits per heavy atom. The highest BCUT2D eigenvalue weighted by molar-refractivity contribution is 5.62. The lowest BCUT2D eigenvalue weighted by atomic mass is 10.1. The number of carbonyl (C=O) groups is 1. The van der Waals surface area contributed by atoms with E-state index in [1.165, 1.54) is 5.56 Å². The Morgan fingerprint density at radius 3 is 2.75 bits per heavy atom. The number of carboxylic acids is 1. The van der Waals surface area contributed by atoms with Crippen molar-refractivity contribution in [3.8, 4) is 11.5 Å². The zero-order chi connectivity index (χ0) is 12.0. The van der Waals surface area contributed by atoms with Gasteiger partial charge in [0.15, 0.2) is 11.5 Å². The number of aliphatic carboxylic acids is 1. The number of hydrogen-bond donors (Lipinski definition) is 1. The molecule has 1 aliphatic heterocycles. The molecule has 4 nitrogen and oxygen atoms in total. The van der Waals surface area contributed by atoms with Gasteiger partial charge in [0, 0.05) is 6.92 Å². The number of hydrogen-bond acceptors (Lipinski definition) is 3. The first-order valence-corrected chi connectivity index (χ1v) is 4.82. The molecule has 86 valence electrons. The molecular weight excluding hydrogens is 208 g/mol. The summed E-state index contributed by atoms with van der Waals surface area (Å²) < 4.78 is 10.4. The number of ether oxygens (including phenoxy) is 2. The molecule has 0 radical (unpaired) electrons. The minimum absolute atomic E-state index is 0.340. The smallest absolute Gasteiger partial charge is 0.300 e. The number of allylic oxidation sites excluding steroid dienone is 1. The lowest BCUT2D eigenvalue weighted by Crippen LogP contribution is -1.92. The van der Waals surface area contributed by atoms with Crippen LogP contribution in [0.4, 0.5) is 0 Å². The van der Waals surface area contributed by atoms with Crippen LogP contribution >= 0.6 is 0 Å². The van der Waals surface area contributed by atoms with E-state index in [0.29, 0.717) is 6.79 Å². The van der Waals surface area contributed by atoms with Gasteiger partial charge in [-0.05, 0) is 24.1 Å². The van der Waals surface area contributed by atoms with Gasteiger partial charge >= 0.3 is 0 Å². The summed E-state index contributed by atoms with van der Waals surface area (Å²) >= 11 is 0. The predicted molar refractivity (Wildman–Crippen MR) is 59.8 cm³/mol. The Labute approximate surface area is 94.1 Å². The van der Waals surface area contributed by atoms with E-state index in [1.807, 2.05) is 24.3 Å². The number of benzene rings is 1. The van der Waals surface area contributed by atoms with Crippen LogP contribution in [0.25, 0.3) is 0 Å². The Balaban J connectivity index is 0.000000280. The molecule has 4 heteroatoms. The maximum atomic E-state index is 9.00. The molecule has 0 fully saturated rings. The quantitative estimate of drug-likeness (QED) is 0.779. The van der Waals surface area contributed by atoms with Crippen LogP contribution in [0.5, 0.6) is 11.5 Å². The van der Waals surface area contributed by atoms with Gasteiger partial charge in [0.25, 0.3) is 5.97 Å². The molecule has 1 heterocycles. The second-order valence-electron chi connectivity index (χ2n) is 3.20. The lowest BCUT2D eigenvalue weighted by Gasteiger charge is -1.98. The molecule has 0 saturated carbocycles. The molecular formula is C12H14O4. The third kappa shape index (κ3) is 3.65. The normalized spacial score (nSPS) is 11.3. The van der Waals surface area contributed by atoms with E-state index in [1.54, 1.807) is 0 Å². The van der Waals surface area contributed by atoms with Crippen LogP contribution in [-0.4, -0.2) is 17.9 Å². The van der Waals surface area contributed by atoms with Gasteiger partial charge in [-0.3, -0.25) is 4.79 Å². The van der Waals surface area contributed by atoms with E-state index in [0.717, 1.165) is 24.8 Å². The topological polar surface area (TPSA) is 55.8 Å². The third-order valence-corrected chi connectivity index (χ3v) is 1.82. The molecule has 1 N–H and O–H groups in total. The van der Waals surface area contributed by atoms with Crippen molar-refractivity contribution in [2.45, 2.75) is 13.3 Å². The largest absolute Gasteiger partial charge is 0.481 e. The minimum atomic E-state index is -0.833. The molecule has 1 aromatic rings. The first-order chi connectivity index (χ1) is 7.63. The van der Waals surface area contributed by atoms with E-state index >= 15 is 0 Å². The van der Waals surface area contributed by atoms with Gasteiger partial charge in [-0.2, -0.15) is 0 Å². The van der Waals surface area contributed by atoms with Crippen LogP contribution < -0.4 is 9.47 Å². The highest BCUT2D eigenvalue weighted by Crippen LogP contribution is 2.32. The SMILES string of the molecule is C=CCc1ccc2c(c1)OCO2.CC(=O)O. The summed E-state index contributed by atoms with van der Waals surface area (Å²) in [6, 6.07) is 5.94. The minimum Gasteiger partial charge on any atom is -0.481 e. The fourth-order valence-corrected chi connectivity index (χ4v) is 1.23. The van der Waals surface area contributed by atoms with Crippen molar-refractivity contribution in [3.05, 3.63) is 36.4 Å². The molecule has 0 bridgehead atoms. The van der Waals surface area contributed by atoms with Crippen molar-refractivity contribution in [1.29, 1.82) is 0 Å². The average molecular weight is 222 g/mol. The number of fused-ring (bicyclic) bond motifs is 1. The Hall–Kier alpha value is -1.97. The molecule has 0 spiro atoms. The summed E-state index contributed by atoms with van der Waals surface area (Å²) in [4.78, 5) is 9.00. The fraction of sp³-hybridized carbons (Fsp3) is 0.250. The molecule has 0 atom stereocenters. The van der Waals surface area contributed by atoms with Gasteiger partial charge in [0.05, 0.1) is 0 Å². The molecule has 0 aromatic heterocycles. The summed E-state index contributed by atoms with van der Waals surface area (Å²) in [6.45, 7) is 5.10. The highest BCUT2D eigenvalue weighted by Gasteiger charge is 2.12. The van der Waals surface area contributed by atoms with E-state index in [2.05, 4.69) is 6.58 Å². The maximum absolute atomic E-state index is 9.00. The molecule has 0 unspecified atom stereocenters. The van der Waals surface area contributed by atoms with Crippen molar-refractivity contribution in [1.82, 2.24) is 0 Å². The molecule has 0 aliphatic carbocycles. The molecule has 1 aliphatic rings. The summed E-state index contributed by atoms with van der Waals surface area (Å²) in [5, 5.41) is 7.42. The fourth-order valence-electron chi connectivity index (χ4n) is 1.23. The highest BCUT2D eigenvalue weighted by atomic mass is 16.7. The monoisotopic (exact) mass is 222 g/mol. The van der Waals surface area contributed by atoms with Crippen molar-refractivity contribution in [2.75, 3.05) is 6.79 Å². The van der Waals surface area contributed by atoms with Gasteiger partial charge in [0.2, 0.25) is 6.79 Å². The molecule has 2 rings (SSSR count). The lowest BCUT2D eigenvalue weighted by molar-refractivity contribution is -0.134. The summed E-state index contributed by atoms with van der Waals surface area (Å²) in [6.07, 6.45) is 2.74. The number of carboxylic acid groups (broad SMARTS) is 1. The number of rotatable bonds is 2. The molecule has 16 heavy (non-hydrogen) atoms. The van der Waals surface area contributed by atoms with Crippen molar-refractivity contribution < 1.29 is 19.4 Å². The van der Waals surface area contributed by atoms with Crippen molar-refractivity contribution >= 4 is 5.97 Å². The van der Waals surface area contributed by atoms with Crippen molar-refractivity contribution in [2.24, 2.45) is 0 Å². The summed E-state index contributed by atoms with van der Waals surface area (Å²) in [5.74, 6) is 0.845. The van der Waals surface area contributed by atoms with Crippen LogP contribution in [0.2, 0.25) is 0 Å². The first-order valence-electron chi connectivity index (χ1n) is 4.82. The van der Waals surface area contributed by atoms with Gasteiger partial charge in [-0.1, -0.05) is 12.1 Å². The standard InChI is InChI=1S/C10H10O2.C2H4O2/c1-2-3-8-4-5-9-10(6-8)12-7-11-9;1-2(3)4/h2,4-6H,1,3,7H2;1H3,(H,3,4). The molecule has 0 saturated heterocycles. The van der Waals surface area contributed by atoms with Gasteiger partial charge in [0.1, 0.15) is 0 Å². The Bertz CT molecular complexity index is 381. The second kappa shape index (κ2) is 5.80. The molecule has 1 aromatic carbocycles. The van der Waals surface area contributed by atoms with E-state index in [-0.39, 0.29) is 0 Å². The summed E-state index contributed by atoms with van der Waals surface area (Å²) in [7, 11) is 0. The van der Waals surface area contributed by atoms with Crippen LogP contribution in [0, 0.1) is 0 Å². The van der Waals surface area contributed by atoms with Crippen LogP contribution in [0.3, 0.4) is 0 Å². The van der Waals surface area contributed by atoms with E-state index in [9.17, 15) is 0 Å². The maximum Gasteiger partial charge on any atom is 0.300 e. The van der Waals surface area contributed by atoms with Crippen LogP contribution in [-0.2, 0) is 11.2 Å². The Morgan fingerprint density at radius 2 is 2.12 bits per heavy atom. The van der Waals surface area contributed by atoms with Crippen LogP contribution in [0.15, 0.2) is 30.9 Å².